The highest BCUT2D eigenvalue weighted by Crippen LogP contribution is 2.18. The van der Waals surface area contributed by atoms with E-state index in [1.54, 1.807) is 16.8 Å². The lowest BCUT2D eigenvalue weighted by Crippen LogP contribution is -2.01. The lowest BCUT2D eigenvalue weighted by atomic mass is 10.1. The van der Waals surface area contributed by atoms with Crippen LogP contribution in [0, 0.1) is 13.8 Å². The van der Waals surface area contributed by atoms with E-state index in [0.717, 1.165) is 11.6 Å². The van der Waals surface area contributed by atoms with Gasteiger partial charge in [-0.1, -0.05) is 12.1 Å². The number of benzene rings is 1. The van der Waals surface area contributed by atoms with Crippen LogP contribution in [-0.4, -0.2) is 10.2 Å². The molecule has 1 heterocycles. The van der Waals surface area contributed by atoms with Crippen molar-refractivity contribution in [2.24, 2.45) is 0 Å². The summed E-state index contributed by atoms with van der Waals surface area (Å²) in [6, 6.07) is 6.26. The second-order valence-electron chi connectivity index (χ2n) is 3.43. The van der Waals surface area contributed by atoms with Gasteiger partial charge in [0.05, 0.1) is 6.54 Å². The molecule has 1 aromatic heterocycles. The third kappa shape index (κ3) is 2.33. The van der Waals surface area contributed by atoms with Gasteiger partial charge >= 0.3 is 0 Å². The van der Waals surface area contributed by atoms with E-state index in [4.69, 9.17) is 0 Å². The molecular formula is C11H13N3S. The summed E-state index contributed by atoms with van der Waals surface area (Å²) in [6.45, 7) is 4.98. The van der Waals surface area contributed by atoms with Crippen molar-refractivity contribution in [3.63, 3.8) is 0 Å². The van der Waals surface area contributed by atoms with E-state index >= 15 is 0 Å². The van der Waals surface area contributed by atoms with Crippen molar-refractivity contribution in [1.29, 1.82) is 0 Å². The van der Waals surface area contributed by atoms with E-state index in [2.05, 4.69) is 47.6 Å². The molecule has 0 amide bonds. The fourth-order valence-electron chi connectivity index (χ4n) is 1.39. The van der Waals surface area contributed by atoms with E-state index in [0.29, 0.717) is 0 Å². The molecule has 1 aromatic carbocycles. The van der Waals surface area contributed by atoms with Gasteiger partial charge in [0.25, 0.3) is 0 Å². The minimum atomic E-state index is 0.745. The number of hydrogen-bond donors (Lipinski definition) is 1. The molecule has 4 heteroatoms. The molecule has 0 aliphatic heterocycles. The molecule has 78 valence electrons. The van der Waals surface area contributed by atoms with Crippen LogP contribution in [0.15, 0.2) is 23.7 Å². The molecule has 0 spiro atoms. The number of aromatic nitrogens is 2. The Balaban J connectivity index is 2.08. The normalized spacial score (nSPS) is 10.3. The van der Waals surface area contributed by atoms with Crippen molar-refractivity contribution in [3.05, 3.63) is 39.8 Å². The highest BCUT2D eigenvalue weighted by molar-refractivity contribution is 7.09. The predicted octanol–water partition coefficient (Wildman–Crippen LogP) is 2.77. The Labute approximate surface area is 93.2 Å². The molecule has 0 saturated heterocycles. The lowest BCUT2D eigenvalue weighted by molar-refractivity contribution is 0.988. The zero-order chi connectivity index (χ0) is 10.7. The van der Waals surface area contributed by atoms with Crippen LogP contribution in [0.2, 0.25) is 0 Å². The Hall–Kier alpha value is -1.42. The molecule has 0 unspecified atom stereocenters. The number of aryl methyl sites for hydroxylation is 1. The van der Waals surface area contributed by atoms with Crippen LogP contribution >= 0.6 is 11.3 Å². The average Bonchev–Trinajstić information content (AvgIpc) is 2.73. The minimum Gasteiger partial charge on any atom is -0.378 e. The van der Waals surface area contributed by atoms with Gasteiger partial charge in [-0.2, -0.15) is 0 Å². The van der Waals surface area contributed by atoms with Crippen LogP contribution < -0.4 is 5.32 Å². The molecule has 2 rings (SSSR count). The molecule has 0 aliphatic rings. The first kappa shape index (κ1) is 10.1. The summed E-state index contributed by atoms with van der Waals surface area (Å²) >= 11 is 1.57. The van der Waals surface area contributed by atoms with Crippen LogP contribution in [0.25, 0.3) is 0 Å². The van der Waals surface area contributed by atoms with Gasteiger partial charge in [0, 0.05) is 5.69 Å². The Morgan fingerprint density at radius 2 is 2.20 bits per heavy atom. The summed E-state index contributed by atoms with van der Waals surface area (Å²) in [5.41, 5.74) is 5.52. The number of nitrogens with zero attached hydrogens (tertiary/aromatic N) is 2. The Morgan fingerprint density at radius 1 is 1.33 bits per heavy atom. The zero-order valence-corrected chi connectivity index (χ0v) is 9.64. The maximum Gasteiger partial charge on any atom is 0.136 e. The van der Waals surface area contributed by atoms with E-state index < -0.39 is 0 Å². The fourth-order valence-corrected chi connectivity index (χ4v) is 1.85. The smallest absolute Gasteiger partial charge is 0.136 e. The Bertz CT molecular complexity index is 437. The Kier molecular flexibility index (Phi) is 2.97. The van der Waals surface area contributed by atoms with E-state index in [1.807, 2.05) is 0 Å². The topological polar surface area (TPSA) is 37.8 Å². The van der Waals surface area contributed by atoms with Gasteiger partial charge in [-0.3, -0.25) is 0 Å². The highest BCUT2D eigenvalue weighted by atomic mass is 32.1. The summed E-state index contributed by atoms with van der Waals surface area (Å²) in [4.78, 5) is 0. The van der Waals surface area contributed by atoms with E-state index in [-0.39, 0.29) is 0 Å². The van der Waals surface area contributed by atoms with E-state index in [9.17, 15) is 0 Å². The summed E-state index contributed by atoms with van der Waals surface area (Å²) in [5, 5.41) is 12.2. The maximum atomic E-state index is 3.99. The van der Waals surface area contributed by atoms with Crippen molar-refractivity contribution in [3.8, 4) is 0 Å². The first-order valence-corrected chi connectivity index (χ1v) is 5.70. The van der Waals surface area contributed by atoms with Crippen molar-refractivity contribution in [2.45, 2.75) is 20.4 Å². The summed E-state index contributed by atoms with van der Waals surface area (Å²) in [7, 11) is 0. The molecule has 1 N–H and O–H groups in total. The minimum absolute atomic E-state index is 0.745. The highest BCUT2D eigenvalue weighted by Gasteiger charge is 2.01. The van der Waals surface area contributed by atoms with Gasteiger partial charge in [-0.05, 0) is 31.0 Å². The first-order chi connectivity index (χ1) is 7.27. The molecule has 15 heavy (non-hydrogen) atoms. The van der Waals surface area contributed by atoms with Gasteiger partial charge in [0.15, 0.2) is 0 Å². The van der Waals surface area contributed by atoms with Crippen molar-refractivity contribution < 1.29 is 0 Å². The van der Waals surface area contributed by atoms with E-state index in [1.165, 1.54) is 16.8 Å². The van der Waals surface area contributed by atoms with Crippen LogP contribution in [0.3, 0.4) is 0 Å². The fraction of sp³-hybridized carbons (Fsp3) is 0.273. The predicted molar refractivity (Wildman–Crippen MR) is 63.2 cm³/mol. The summed E-state index contributed by atoms with van der Waals surface area (Å²) < 4.78 is 0. The molecule has 0 bridgehead atoms. The third-order valence-electron chi connectivity index (χ3n) is 2.44. The second kappa shape index (κ2) is 4.40. The van der Waals surface area contributed by atoms with Crippen molar-refractivity contribution in [1.82, 2.24) is 10.2 Å². The van der Waals surface area contributed by atoms with Gasteiger partial charge in [-0.15, -0.1) is 21.5 Å². The molecule has 2 aromatic rings. The molecule has 0 atom stereocenters. The van der Waals surface area contributed by atoms with Crippen LogP contribution in [0.5, 0.6) is 0 Å². The lowest BCUT2D eigenvalue weighted by Gasteiger charge is -2.09. The van der Waals surface area contributed by atoms with Crippen molar-refractivity contribution in [2.75, 3.05) is 5.32 Å². The largest absolute Gasteiger partial charge is 0.378 e. The van der Waals surface area contributed by atoms with Crippen LogP contribution in [-0.2, 0) is 6.54 Å². The quantitative estimate of drug-likeness (QED) is 0.862. The number of rotatable bonds is 3. The number of nitrogens with one attached hydrogen (secondary N) is 1. The van der Waals surface area contributed by atoms with Crippen LogP contribution in [0.4, 0.5) is 5.69 Å². The van der Waals surface area contributed by atoms with Gasteiger partial charge in [-0.25, -0.2) is 0 Å². The van der Waals surface area contributed by atoms with Crippen LogP contribution in [0.1, 0.15) is 16.1 Å². The maximum absolute atomic E-state index is 3.99. The SMILES string of the molecule is Cc1cccc(NCc2nncs2)c1C. The molecule has 0 aliphatic carbocycles. The molecular weight excluding hydrogens is 206 g/mol. The standard InChI is InChI=1S/C11H13N3S/c1-8-4-3-5-10(9(8)2)12-6-11-14-13-7-15-11/h3-5,7,12H,6H2,1-2H3. The second-order valence-corrected chi connectivity index (χ2v) is 4.35. The molecule has 3 nitrogen and oxygen atoms in total. The molecule has 0 fully saturated rings. The Morgan fingerprint density at radius 3 is 2.93 bits per heavy atom. The van der Waals surface area contributed by atoms with Crippen molar-refractivity contribution >= 4 is 17.0 Å². The average molecular weight is 219 g/mol. The van der Waals surface area contributed by atoms with Gasteiger partial charge in [0.2, 0.25) is 0 Å². The van der Waals surface area contributed by atoms with Gasteiger partial charge < -0.3 is 5.32 Å². The zero-order valence-electron chi connectivity index (χ0n) is 8.82. The molecule has 0 saturated carbocycles. The first-order valence-electron chi connectivity index (χ1n) is 4.82. The summed E-state index contributed by atoms with van der Waals surface area (Å²) in [5.74, 6) is 0. The van der Waals surface area contributed by atoms with Gasteiger partial charge in [0.1, 0.15) is 10.5 Å². The number of hydrogen-bond acceptors (Lipinski definition) is 4. The number of anilines is 1. The monoisotopic (exact) mass is 219 g/mol. The molecule has 0 radical (unpaired) electrons. The summed E-state index contributed by atoms with van der Waals surface area (Å²) in [6.07, 6.45) is 0. The third-order valence-corrected chi connectivity index (χ3v) is 3.14.